The largest absolute Gasteiger partial charge is 0.342 e. The first-order valence-corrected chi connectivity index (χ1v) is 8.16. The Labute approximate surface area is 119 Å². The van der Waals surface area contributed by atoms with Gasteiger partial charge in [0.15, 0.2) is 0 Å². The average molecular weight is 268 g/mol. The van der Waals surface area contributed by atoms with Crippen LogP contribution in [0, 0.1) is 11.8 Å². The van der Waals surface area contributed by atoms with Crippen LogP contribution in [0.2, 0.25) is 0 Å². The predicted molar refractivity (Wildman–Crippen MR) is 81.1 cm³/mol. The van der Waals surface area contributed by atoms with Crippen LogP contribution in [-0.4, -0.2) is 36.5 Å². The first-order valence-electron chi connectivity index (χ1n) is 8.16. The lowest BCUT2D eigenvalue weighted by atomic mass is 9.91. The van der Waals surface area contributed by atoms with Gasteiger partial charge < -0.3 is 10.2 Å². The highest BCUT2D eigenvalue weighted by molar-refractivity contribution is 5.78. The van der Waals surface area contributed by atoms with Crippen molar-refractivity contribution in [1.82, 2.24) is 10.2 Å². The Morgan fingerprint density at radius 3 is 2.63 bits per heavy atom. The highest BCUT2D eigenvalue weighted by Gasteiger charge is 2.30. The van der Waals surface area contributed by atoms with Crippen LogP contribution in [0.25, 0.3) is 0 Å². The minimum Gasteiger partial charge on any atom is -0.342 e. The summed E-state index contributed by atoms with van der Waals surface area (Å²) in [5.74, 6) is 1.22. The molecule has 1 saturated heterocycles. The van der Waals surface area contributed by atoms with Crippen LogP contribution in [-0.2, 0) is 4.79 Å². The fourth-order valence-corrected chi connectivity index (χ4v) is 3.12. The van der Waals surface area contributed by atoms with Gasteiger partial charge in [0.2, 0.25) is 5.91 Å². The van der Waals surface area contributed by atoms with Gasteiger partial charge in [0.05, 0.1) is 0 Å². The maximum atomic E-state index is 12.6. The van der Waals surface area contributed by atoms with Crippen molar-refractivity contribution in [2.75, 3.05) is 19.6 Å². The standard InChI is InChI=1S/C16H32N2O/c1-5-8-9-14(6-2)16(19)18-11-10-15(17-7-3)13(4)12-18/h13-15,17H,5-12H2,1-4H3. The van der Waals surface area contributed by atoms with E-state index in [1.807, 2.05) is 0 Å². The quantitative estimate of drug-likeness (QED) is 0.769. The van der Waals surface area contributed by atoms with Crippen molar-refractivity contribution in [2.24, 2.45) is 11.8 Å². The summed E-state index contributed by atoms with van der Waals surface area (Å²) in [5, 5.41) is 3.53. The van der Waals surface area contributed by atoms with Gasteiger partial charge in [-0.15, -0.1) is 0 Å². The van der Waals surface area contributed by atoms with Crippen molar-refractivity contribution in [3.63, 3.8) is 0 Å². The van der Waals surface area contributed by atoms with Crippen LogP contribution < -0.4 is 5.32 Å². The molecule has 1 amide bonds. The van der Waals surface area contributed by atoms with E-state index in [9.17, 15) is 4.79 Å². The van der Waals surface area contributed by atoms with Crippen molar-refractivity contribution >= 4 is 5.91 Å². The molecule has 0 aromatic heterocycles. The Balaban J connectivity index is 2.49. The third-order valence-electron chi connectivity index (χ3n) is 4.43. The van der Waals surface area contributed by atoms with E-state index in [0.29, 0.717) is 17.9 Å². The van der Waals surface area contributed by atoms with Gasteiger partial charge in [-0.25, -0.2) is 0 Å². The van der Waals surface area contributed by atoms with Crippen LogP contribution in [0.5, 0.6) is 0 Å². The molecule has 1 aliphatic rings. The molecule has 1 aliphatic heterocycles. The summed E-state index contributed by atoms with van der Waals surface area (Å²) >= 11 is 0. The van der Waals surface area contributed by atoms with E-state index in [1.54, 1.807) is 0 Å². The normalized spacial score (nSPS) is 25.4. The lowest BCUT2D eigenvalue weighted by molar-refractivity contribution is -0.138. The molecule has 112 valence electrons. The predicted octanol–water partition coefficient (Wildman–Crippen LogP) is 3.05. The number of hydrogen-bond acceptors (Lipinski definition) is 2. The van der Waals surface area contributed by atoms with E-state index >= 15 is 0 Å². The molecule has 0 aliphatic carbocycles. The van der Waals surface area contributed by atoms with Gasteiger partial charge in [-0.2, -0.15) is 0 Å². The van der Waals surface area contributed by atoms with Gasteiger partial charge >= 0.3 is 0 Å². The average Bonchev–Trinajstić information content (AvgIpc) is 2.42. The number of amides is 1. The summed E-state index contributed by atoms with van der Waals surface area (Å²) in [6.07, 6.45) is 5.51. The molecule has 0 aromatic rings. The van der Waals surface area contributed by atoms with Crippen molar-refractivity contribution < 1.29 is 4.79 Å². The molecular weight excluding hydrogens is 236 g/mol. The number of likely N-dealkylation sites (tertiary alicyclic amines) is 1. The Morgan fingerprint density at radius 2 is 2.11 bits per heavy atom. The lowest BCUT2D eigenvalue weighted by Gasteiger charge is -2.38. The smallest absolute Gasteiger partial charge is 0.225 e. The number of nitrogens with one attached hydrogen (secondary N) is 1. The van der Waals surface area contributed by atoms with Gasteiger partial charge in [-0.3, -0.25) is 4.79 Å². The second-order valence-corrected chi connectivity index (χ2v) is 5.96. The summed E-state index contributed by atoms with van der Waals surface area (Å²) in [4.78, 5) is 14.7. The number of piperidine rings is 1. The monoisotopic (exact) mass is 268 g/mol. The van der Waals surface area contributed by atoms with Crippen LogP contribution in [0.4, 0.5) is 0 Å². The van der Waals surface area contributed by atoms with Gasteiger partial charge in [0.25, 0.3) is 0 Å². The van der Waals surface area contributed by atoms with Crippen LogP contribution in [0.1, 0.15) is 59.8 Å². The summed E-state index contributed by atoms with van der Waals surface area (Å²) in [6.45, 7) is 11.6. The van der Waals surface area contributed by atoms with Crippen molar-refractivity contribution in [2.45, 2.75) is 65.8 Å². The van der Waals surface area contributed by atoms with Crippen molar-refractivity contribution in [3.8, 4) is 0 Å². The molecule has 0 radical (unpaired) electrons. The Bertz CT molecular complexity index is 267. The fourth-order valence-electron chi connectivity index (χ4n) is 3.12. The molecular formula is C16H32N2O. The number of carbonyl (C=O) groups excluding carboxylic acids is 1. The molecule has 0 spiro atoms. The Morgan fingerprint density at radius 1 is 1.37 bits per heavy atom. The van der Waals surface area contributed by atoms with E-state index in [1.165, 1.54) is 12.8 Å². The molecule has 1 N–H and O–H groups in total. The second-order valence-electron chi connectivity index (χ2n) is 5.96. The maximum absolute atomic E-state index is 12.6. The summed E-state index contributed by atoms with van der Waals surface area (Å²) < 4.78 is 0. The molecule has 0 bridgehead atoms. The first kappa shape index (κ1) is 16.5. The molecule has 1 fully saturated rings. The molecule has 0 saturated carbocycles. The third-order valence-corrected chi connectivity index (χ3v) is 4.43. The van der Waals surface area contributed by atoms with Crippen LogP contribution in [0.15, 0.2) is 0 Å². The molecule has 3 unspecified atom stereocenters. The number of unbranched alkanes of at least 4 members (excludes halogenated alkanes) is 1. The number of nitrogens with zero attached hydrogens (tertiary/aromatic N) is 1. The highest BCUT2D eigenvalue weighted by atomic mass is 16.2. The van der Waals surface area contributed by atoms with Crippen LogP contribution in [0.3, 0.4) is 0 Å². The van der Waals surface area contributed by atoms with Gasteiger partial charge in [-0.1, -0.05) is 40.5 Å². The summed E-state index contributed by atoms with van der Waals surface area (Å²) in [5.41, 5.74) is 0. The zero-order chi connectivity index (χ0) is 14.3. The SMILES string of the molecule is CCCCC(CC)C(=O)N1CCC(NCC)C(C)C1. The summed E-state index contributed by atoms with van der Waals surface area (Å²) in [7, 11) is 0. The Hall–Kier alpha value is -0.570. The lowest BCUT2D eigenvalue weighted by Crippen LogP contribution is -2.51. The highest BCUT2D eigenvalue weighted by Crippen LogP contribution is 2.22. The molecule has 3 atom stereocenters. The fraction of sp³-hybridized carbons (Fsp3) is 0.938. The van der Waals surface area contributed by atoms with E-state index in [-0.39, 0.29) is 5.92 Å². The van der Waals surface area contributed by atoms with E-state index in [4.69, 9.17) is 0 Å². The minimum absolute atomic E-state index is 0.253. The van der Waals surface area contributed by atoms with E-state index in [0.717, 1.165) is 38.9 Å². The van der Waals surface area contributed by atoms with Gasteiger partial charge in [0, 0.05) is 25.0 Å². The van der Waals surface area contributed by atoms with Gasteiger partial charge in [0.1, 0.15) is 0 Å². The molecule has 3 nitrogen and oxygen atoms in total. The molecule has 1 rings (SSSR count). The van der Waals surface area contributed by atoms with Gasteiger partial charge in [-0.05, 0) is 31.7 Å². The van der Waals surface area contributed by atoms with Crippen molar-refractivity contribution in [1.29, 1.82) is 0 Å². The first-order chi connectivity index (χ1) is 9.13. The molecule has 0 aromatic carbocycles. The minimum atomic E-state index is 0.253. The second kappa shape index (κ2) is 8.57. The zero-order valence-corrected chi connectivity index (χ0v) is 13.2. The van der Waals surface area contributed by atoms with E-state index in [2.05, 4.69) is 37.9 Å². The topological polar surface area (TPSA) is 32.3 Å². The number of carbonyl (C=O) groups is 1. The maximum Gasteiger partial charge on any atom is 0.225 e. The van der Waals surface area contributed by atoms with Crippen LogP contribution >= 0.6 is 0 Å². The molecule has 3 heteroatoms. The number of hydrogen-bond donors (Lipinski definition) is 1. The molecule has 19 heavy (non-hydrogen) atoms. The third kappa shape index (κ3) is 4.79. The van der Waals surface area contributed by atoms with Crippen molar-refractivity contribution in [3.05, 3.63) is 0 Å². The zero-order valence-electron chi connectivity index (χ0n) is 13.2. The van der Waals surface area contributed by atoms with E-state index < -0.39 is 0 Å². The number of rotatable bonds is 7. The Kier molecular flexibility index (Phi) is 7.44. The summed E-state index contributed by atoms with van der Waals surface area (Å²) in [6, 6.07) is 0.588. The molecule has 1 heterocycles.